The Bertz CT molecular complexity index is 498. The molecule has 1 aliphatic heterocycles. The van der Waals surface area contributed by atoms with Crippen LogP contribution in [0.1, 0.15) is 18.5 Å². The van der Waals surface area contributed by atoms with Crippen molar-refractivity contribution in [1.82, 2.24) is 9.80 Å². The fourth-order valence-corrected chi connectivity index (χ4v) is 2.54. The van der Waals surface area contributed by atoms with Crippen LogP contribution in [-0.2, 0) is 0 Å². The first-order valence-corrected chi connectivity index (χ1v) is 6.79. The number of hydrogen-bond donors (Lipinski definition) is 0. The van der Waals surface area contributed by atoms with Gasteiger partial charge in [0.25, 0.3) is 5.69 Å². The number of amides is 1. The third kappa shape index (κ3) is 3.26. The Morgan fingerprint density at radius 1 is 1.25 bits per heavy atom. The summed E-state index contributed by atoms with van der Waals surface area (Å²) in [5, 5.41) is 10.2. The molecule has 1 saturated heterocycles. The molecule has 0 N–H and O–H groups in total. The predicted octanol–water partition coefficient (Wildman–Crippen LogP) is 2.63. The largest absolute Gasteiger partial charge is 0.327 e. The van der Waals surface area contributed by atoms with E-state index in [0.717, 1.165) is 18.7 Å². The normalized spacial score (nSPS) is 17.8. The topological polar surface area (TPSA) is 66.7 Å². The van der Waals surface area contributed by atoms with E-state index in [2.05, 4.69) is 11.8 Å². The quantitative estimate of drug-likeness (QED) is 0.372. The Morgan fingerprint density at radius 2 is 1.80 bits per heavy atom. The number of nitro benzene ring substituents is 1. The molecule has 0 aliphatic carbocycles. The Hall–Kier alpha value is -1.66. The molecule has 1 heterocycles. The molecule has 0 saturated carbocycles. The number of piperazine rings is 1. The maximum absolute atomic E-state index is 11.1. The lowest BCUT2D eigenvalue weighted by atomic mass is 10.1. The van der Waals surface area contributed by atoms with Gasteiger partial charge in [0.1, 0.15) is 0 Å². The number of halogens is 1. The summed E-state index contributed by atoms with van der Waals surface area (Å²) in [6.07, 6.45) is 0. The monoisotopic (exact) mass is 297 g/mol. The molecule has 108 valence electrons. The van der Waals surface area contributed by atoms with Gasteiger partial charge in [-0.1, -0.05) is 12.1 Å². The van der Waals surface area contributed by atoms with Crippen molar-refractivity contribution in [2.75, 3.05) is 26.2 Å². The molecular weight excluding hydrogens is 282 g/mol. The highest BCUT2D eigenvalue weighted by molar-refractivity contribution is 6.62. The fraction of sp³-hybridized carbons (Fsp3) is 0.462. The van der Waals surface area contributed by atoms with E-state index in [-0.39, 0.29) is 11.7 Å². The van der Waals surface area contributed by atoms with Gasteiger partial charge in [0.2, 0.25) is 0 Å². The van der Waals surface area contributed by atoms with Crippen LogP contribution >= 0.6 is 11.6 Å². The maximum atomic E-state index is 11.1. The van der Waals surface area contributed by atoms with Crippen molar-refractivity contribution in [2.24, 2.45) is 0 Å². The van der Waals surface area contributed by atoms with Crippen molar-refractivity contribution in [3.8, 4) is 0 Å². The second-order valence-corrected chi connectivity index (χ2v) is 5.12. The second kappa shape index (κ2) is 6.19. The van der Waals surface area contributed by atoms with Gasteiger partial charge in [-0.2, -0.15) is 0 Å². The molecule has 1 atom stereocenters. The van der Waals surface area contributed by atoms with E-state index in [1.165, 1.54) is 12.1 Å². The molecule has 1 aromatic rings. The van der Waals surface area contributed by atoms with Gasteiger partial charge in [-0.25, -0.2) is 0 Å². The van der Waals surface area contributed by atoms with Gasteiger partial charge in [-0.15, -0.1) is 0 Å². The molecule has 0 radical (unpaired) electrons. The van der Waals surface area contributed by atoms with Crippen molar-refractivity contribution in [1.29, 1.82) is 0 Å². The summed E-state index contributed by atoms with van der Waals surface area (Å²) in [4.78, 5) is 25.1. The lowest BCUT2D eigenvalue weighted by Gasteiger charge is -2.37. The van der Waals surface area contributed by atoms with Crippen LogP contribution in [0.5, 0.6) is 0 Å². The Labute approximate surface area is 122 Å². The maximum Gasteiger partial charge on any atom is 0.316 e. The Balaban J connectivity index is 1.99. The molecular formula is C13H16ClN3O3. The van der Waals surface area contributed by atoms with E-state index in [1.807, 2.05) is 0 Å². The van der Waals surface area contributed by atoms with Crippen LogP contribution in [-0.4, -0.2) is 46.3 Å². The number of hydrogen-bond acceptors (Lipinski definition) is 4. The van der Waals surface area contributed by atoms with Gasteiger partial charge in [0.15, 0.2) is 0 Å². The molecule has 1 amide bonds. The molecule has 1 aromatic carbocycles. The summed E-state index contributed by atoms with van der Waals surface area (Å²) < 4.78 is 0. The van der Waals surface area contributed by atoms with Crippen molar-refractivity contribution < 1.29 is 9.72 Å². The standard InChI is InChI=1S/C13H16ClN3O3/c1-10(11-2-4-12(5-3-11)17(19)20)15-6-8-16(9-7-15)13(14)18/h2-5,10H,6-9H2,1H3. The third-order valence-corrected chi connectivity index (χ3v) is 3.94. The molecule has 6 nitrogen and oxygen atoms in total. The van der Waals surface area contributed by atoms with Crippen molar-refractivity contribution in [2.45, 2.75) is 13.0 Å². The van der Waals surface area contributed by atoms with E-state index in [9.17, 15) is 14.9 Å². The van der Waals surface area contributed by atoms with Crippen molar-refractivity contribution >= 4 is 22.7 Å². The van der Waals surface area contributed by atoms with Crippen LogP contribution in [0, 0.1) is 10.1 Å². The van der Waals surface area contributed by atoms with Gasteiger partial charge in [-0.05, 0) is 24.1 Å². The van der Waals surface area contributed by atoms with Crippen LogP contribution in [0.4, 0.5) is 10.5 Å². The summed E-state index contributed by atoms with van der Waals surface area (Å²) in [7, 11) is 0. The molecule has 20 heavy (non-hydrogen) atoms. The SMILES string of the molecule is CC(c1ccc([N+](=O)[O-])cc1)N1CCN(C(=O)Cl)CC1. The zero-order valence-corrected chi connectivity index (χ0v) is 11.9. The van der Waals surface area contributed by atoms with Gasteiger partial charge in [0, 0.05) is 44.4 Å². The lowest BCUT2D eigenvalue weighted by molar-refractivity contribution is -0.384. The number of carbonyl (C=O) groups is 1. The number of nitro groups is 1. The van der Waals surface area contributed by atoms with Gasteiger partial charge in [0.05, 0.1) is 4.92 Å². The zero-order valence-electron chi connectivity index (χ0n) is 11.2. The molecule has 1 unspecified atom stereocenters. The smallest absolute Gasteiger partial charge is 0.316 e. The van der Waals surface area contributed by atoms with Crippen LogP contribution < -0.4 is 0 Å². The van der Waals surface area contributed by atoms with E-state index < -0.39 is 10.3 Å². The molecule has 2 rings (SSSR count). The van der Waals surface area contributed by atoms with Crippen LogP contribution in [0.15, 0.2) is 24.3 Å². The summed E-state index contributed by atoms with van der Waals surface area (Å²) in [6.45, 7) is 4.77. The average Bonchev–Trinajstić information content (AvgIpc) is 2.46. The highest BCUT2D eigenvalue weighted by Gasteiger charge is 2.24. The first-order valence-electron chi connectivity index (χ1n) is 6.42. The van der Waals surface area contributed by atoms with Gasteiger partial charge >= 0.3 is 5.37 Å². The summed E-state index contributed by atoms with van der Waals surface area (Å²) in [6, 6.07) is 6.75. The van der Waals surface area contributed by atoms with Crippen molar-refractivity contribution in [3.05, 3.63) is 39.9 Å². The summed E-state index contributed by atoms with van der Waals surface area (Å²) in [5.74, 6) is 0. The van der Waals surface area contributed by atoms with E-state index >= 15 is 0 Å². The Morgan fingerprint density at radius 3 is 2.25 bits per heavy atom. The number of rotatable bonds is 3. The lowest BCUT2D eigenvalue weighted by Crippen LogP contribution is -2.47. The molecule has 0 spiro atoms. The molecule has 0 bridgehead atoms. The van der Waals surface area contributed by atoms with E-state index in [4.69, 9.17) is 11.6 Å². The number of nitrogens with zero attached hydrogens (tertiary/aromatic N) is 3. The number of benzene rings is 1. The van der Waals surface area contributed by atoms with Gasteiger partial charge in [-0.3, -0.25) is 19.8 Å². The van der Waals surface area contributed by atoms with Gasteiger partial charge < -0.3 is 4.90 Å². The summed E-state index contributed by atoms with van der Waals surface area (Å²) in [5.41, 5.74) is 1.12. The van der Waals surface area contributed by atoms with Crippen LogP contribution in [0.3, 0.4) is 0 Å². The minimum absolute atomic E-state index is 0.0958. The molecule has 1 aliphatic rings. The fourth-order valence-electron chi connectivity index (χ4n) is 2.37. The molecule has 0 aromatic heterocycles. The highest BCUT2D eigenvalue weighted by Crippen LogP contribution is 2.23. The minimum atomic E-state index is -0.410. The first kappa shape index (κ1) is 14.7. The number of non-ortho nitro benzene ring substituents is 1. The predicted molar refractivity (Wildman–Crippen MR) is 75.9 cm³/mol. The zero-order chi connectivity index (χ0) is 14.7. The molecule has 7 heteroatoms. The van der Waals surface area contributed by atoms with Crippen LogP contribution in [0.25, 0.3) is 0 Å². The Kier molecular flexibility index (Phi) is 4.57. The first-order chi connectivity index (χ1) is 9.49. The second-order valence-electron chi connectivity index (χ2n) is 4.80. The summed E-state index contributed by atoms with van der Waals surface area (Å²) >= 11 is 5.45. The highest BCUT2D eigenvalue weighted by atomic mass is 35.5. The van der Waals surface area contributed by atoms with E-state index in [0.29, 0.717) is 13.1 Å². The van der Waals surface area contributed by atoms with E-state index in [1.54, 1.807) is 17.0 Å². The number of carbonyl (C=O) groups excluding carboxylic acids is 1. The molecule has 1 fully saturated rings. The van der Waals surface area contributed by atoms with Crippen LogP contribution in [0.2, 0.25) is 0 Å². The average molecular weight is 298 g/mol. The van der Waals surface area contributed by atoms with Crippen molar-refractivity contribution in [3.63, 3.8) is 0 Å². The minimum Gasteiger partial charge on any atom is -0.327 e. The third-order valence-electron chi connectivity index (χ3n) is 3.70.